The molecule has 1 saturated carbocycles. The van der Waals surface area contributed by atoms with Crippen LogP contribution in [-0.4, -0.2) is 19.0 Å². The highest BCUT2D eigenvalue weighted by Crippen LogP contribution is 2.27. The molecule has 0 aromatic heterocycles. The first-order valence-electron chi connectivity index (χ1n) is 3.78. The van der Waals surface area contributed by atoms with Gasteiger partial charge >= 0.3 is 0 Å². The summed E-state index contributed by atoms with van der Waals surface area (Å²) in [6.45, 7) is 1.80. The molecule has 1 aliphatic rings. The van der Waals surface area contributed by atoms with Gasteiger partial charge in [-0.05, 0) is 25.3 Å². The van der Waals surface area contributed by atoms with Crippen LogP contribution >= 0.6 is 0 Å². The molecule has 1 rings (SSSR count). The van der Waals surface area contributed by atoms with Gasteiger partial charge in [-0.15, -0.1) is 0 Å². The summed E-state index contributed by atoms with van der Waals surface area (Å²) in [5, 5.41) is 3.18. The van der Waals surface area contributed by atoms with E-state index < -0.39 is 0 Å². The molecule has 1 fully saturated rings. The third-order valence-electron chi connectivity index (χ3n) is 1.68. The minimum Gasteiger partial charge on any atom is -0.370 e. The van der Waals surface area contributed by atoms with Gasteiger partial charge in [-0.25, -0.2) is 0 Å². The fourth-order valence-electron chi connectivity index (χ4n) is 0.840. The first-order valence-corrected chi connectivity index (χ1v) is 3.78. The standard InChI is InChI=1S/C7H14N2O/c8-7(10)3-4-9-5-6-1-2-6/h6,9H,1-5H2,(H2,8,10). The Balaban J connectivity index is 1.80. The lowest BCUT2D eigenvalue weighted by Crippen LogP contribution is -2.23. The molecule has 0 aliphatic heterocycles. The molecule has 58 valence electrons. The van der Waals surface area contributed by atoms with Gasteiger partial charge < -0.3 is 11.1 Å². The lowest BCUT2D eigenvalue weighted by Gasteiger charge is -1.99. The molecular formula is C7H14N2O. The van der Waals surface area contributed by atoms with Crippen LogP contribution in [0.25, 0.3) is 0 Å². The number of hydrogen-bond donors (Lipinski definition) is 2. The van der Waals surface area contributed by atoms with Crippen LogP contribution in [0.2, 0.25) is 0 Å². The minimum atomic E-state index is -0.219. The topological polar surface area (TPSA) is 55.1 Å². The third-order valence-corrected chi connectivity index (χ3v) is 1.68. The Labute approximate surface area is 61.0 Å². The molecular weight excluding hydrogens is 128 g/mol. The van der Waals surface area contributed by atoms with E-state index in [9.17, 15) is 4.79 Å². The summed E-state index contributed by atoms with van der Waals surface area (Å²) < 4.78 is 0. The number of amides is 1. The Morgan fingerprint density at radius 1 is 1.60 bits per heavy atom. The summed E-state index contributed by atoms with van der Waals surface area (Å²) in [7, 11) is 0. The molecule has 0 aromatic rings. The average Bonchev–Trinajstić information content (AvgIpc) is 2.62. The van der Waals surface area contributed by atoms with Crippen molar-refractivity contribution in [1.82, 2.24) is 5.32 Å². The van der Waals surface area contributed by atoms with E-state index in [4.69, 9.17) is 5.73 Å². The monoisotopic (exact) mass is 142 g/mol. The Bertz CT molecular complexity index is 121. The quantitative estimate of drug-likeness (QED) is 0.525. The van der Waals surface area contributed by atoms with Crippen molar-refractivity contribution in [1.29, 1.82) is 0 Å². The molecule has 0 heterocycles. The van der Waals surface area contributed by atoms with Crippen molar-refractivity contribution in [2.45, 2.75) is 19.3 Å². The highest BCUT2D eigenvalue weighted by molar-refractivity contribution is 5.73. The SMILES string of the molecule is NC(=O)CCNCC1CC1. The van der Waals surface area contributed by atoms with Crippen LogP contribution in [0.4, 0.5) is 0 Å². The van der Waals surface area contributed by atoms with E-state index >= 15 is 0 Å². The van der Waals surface area contributed by atoms with Crippen molar-refractivity contribution in [3.8, 4) is 0 Å². The molecule has 0 aromatic carbocycles. The highest BCUT2D eigenvalue weighted by Gasteiger charge is 2.19. The van der Waals surface area contributed by atoms with E-state index in [1.165, 1.54) is 12.8 Å². The molecule has 0 saturated heterocycles. The molecule has 3 N–H and O–H groups in total. The molecule has 0 bridgehead atoms. The first kappa shape index (κ1) is 7.54. The van der Waals surface area contributed by atoms with E-state index in [0.717, 1.165) is 19.0 Å². The van der Waals surface area contributed by atoms with E-state index in [2.05, 4.69) is 5.32 Å². The maximum atomic E-state index is 10.2. The largest absolute Gasteiger partial charge is 0.370 e. The fraction of sp³-hybridized carbons (Fsp3) is 0.857. The Morgan fingerprint density at radius 3 is 2.80 bits per heavy atom. The third kappa shape index (κ3) is 3.45. The smallest absolute Gasteiger partial charge is 0.218 e. The predicted molar refractivity (Wildman–Crippen MR) is 39.4 cm³/mol. The summed E-state index contributed by atoms with van der Waals surface area (Å²) in [5.74, 6) is 0.663. The summed E-state index contributed by atoms with van der Waals surface area (Å²) in [6, 6.07) is 0. The van der Waals surface area contributed by atoms with Crippen molar-refractivity contribution in [2.75, 3.05) is 13.1 Å². The van der Waals surface area contributed by atoms with Crippen molar-refractivity contribution >= 4 is 5.91 Å². The highest BCUT2D eigenvalue weighted by atomic mass is 16.1. The molecule has 1 amide bonds. The van der Waals surface area contributed by atoms with Crippen LogP contribution in [0.5, 0.6) is 0 Å². The van der Waals surface area contributed by atoms with E-state index in [1.54, 1.807) is 0 Å². The summed E-state index contributed by atoms with van der Waals surface area (Å²) >= 11 is 0. The summed E-state index contributed by atoms with van der Waals surface area (Å²) in [4.78, 5) is 10.2. The summed E-state index contributed by atoms with van der Waals surface area (Å²) in [6.07, 6.45) is 3.17. The molecule has 0 radical (unpaired) electrons. The van der Waals surface area contributed by atoms with Crippen LogP contribution in [0.1, 0.15) is 19.3 Å². The zero-order valence-electron chi connectivity index (χ0n) is 6.10. The lowest BCUT2D eigenvalue weighted by atomic mass is 10.4. The maximum absolute atomic E-state index is 10.2. The molecule has 0 unspecified atom stereocenters. The predicted octanol–water partition coefficient (Wildman–Crippen LogP) is -0.139. The number of rotatable bonds is 5. The Hall–Kier alpha value is -0.570. The lowest BCUT2D eigenvalue weighted by molar-refractivity contribution is -0.117. The van der Waals surface area contributed by atoms with Gasteiger partial charge in [0.1, 0.15) is 0 Å². The molecule has 3 heteroatoms. The first-order chi connectivity index (χ1) is 4.79. The molecule has 10 heavy (non-hydrogen) atoms. The molecule has 1 aliphatic carbocycles. The zero-order valence-corrected chi connectivity index (χ0v) is 6.10. The van der Waals surface area contributed by atoms with Gasteiger partial charge in [0, 0.05) is 13.0 Å². The van der Waals surface area contributed by atoms with Crippen molar-refractivity contribution in [3.05, 3.63) is 0 Å². The van der Waals surface area contributed by atoms with Gasteiger partial charge in [-0.2, -0.15) is 0 Å². The van der Waals surface area contributed by atoms with Crippen LogP contribution < -0.4 is 11.1 Å². The molecule has 3 nitrogen and oxygen atoms in total. The van der Waals surface area contributed by atoms with Gasteiger partial charge in [0.25, 0.3) is 0 Å². The number of carbonyl (C=O) groups is 1. The normalized spacial score (nSPS) is 17.2. The maximum Gasteiger partial charge on any atom is 0.218 e. The van der Waals surface area contributed by atoms with Gasteiger partial charge in [0.2, 0.25) is 5.91 Å². The number of carbonyl (C=O) groups excluding carboxylic acids is 1. The zero-order chi connectivity index (χ0) is 7.40. The number of primary amides is 1. The average molecular weight is 142 g/mol. The van der Waals surface area contributed by atoms with Crippen LogP contribution in [0, 0.1) is 5.92 Å². The fourth-order valence-corrected chi connectivity index (χ4v) is 0.840. The van der Waals surface area contributed by atoms with Gasteiger partial charge in [-0.3, -0.25) is 4.79 Å². The number of hydrogen-bond acceptors (Lipinski definition) is 2. The van der Waals surface area contributed by atoms with Crippen molar-refractivity contribution in [2.24, 2.45) is 11.7 Å². The second kappa shape index (κ2) is 3.56. The Kier molecular flexibility index (Phi) is 2.68. The van der Waals surface area contributed by atoms with E-state index in [0.29, 0.717) is 6.42 Å². The van der Waals surface area contributed by atoms with Gasteiger partial charge in [-0.1, -0.05) is 0 Å². The van der Waals surface area contributed by atoms with Crippen LogP contribution in [0.3, 0.4) is 0 Å². The van der Waals surface area contributed by atoms with Crippen molar-refractivity contribution in [3.63, 3.8) is 0 Å². The van der Waals surface area contributed by atoms with Gasteiger partial charge in [0.15, 0.2) is 0 Å². The molecule has 0 atom stereocenters. The van der Waals surface area contributed by atoms with Crippen molar-refractivity contribution < 1.29 is 4.79 Å². The van der Waals surface area contributed by atoms with Gasteiger partial charge in [0.05, 0.1) is 0 Å². The second-order valence-electron chi connectivity index (χ2n) is 2.86. The summed E-state index contributed by atoms with van der Waals surface area (Å²) in [5.41, 5.74) is 4.95. The Morgan fingerprint density at radius 2 is 2.30 bits per heavy atom. The number of nitrogens with two attached hydrogens (primary N) is 1. The van der Waals surface area contributed by atoms with E-state index in [1.807, 2.05) is 0 Å². The van der Waals surface area contributed by atoms with E-state index in [-0.39, 0.29) is 5.91 Å². The minimum absolute atomic E-state index is 0.219. The second-order valence-corrected chi connectivity index (χ2v) is 2.86. The van der Waals surface area contributed by atoms with Crippen LogP contribution in [0.15, 0.2) is 0 Å². The van der Waals surface area contributed by atoms with Crippen LogP contribution in [-0.2, 0) is 4.79 Å². The molecule has 0 spiro atoms. The number of nitrogens with one attached hydrogen (secondary N) is 1.